The third kappa shape index (κ3) is 4.94. The second-order valence-electron chi connectivity index (χ2n) is 6.05. The van der Waals surface area contributed by atoms with E-state index in [4.69, 9.17) is 0 Å². The zero-order valence-corrected chi connectivity index (χ0v) is 12.5. The van der Waals surface area contributed by atoms with Crippen LogP contribution >= 0.6 is 0 Å². The number of hydrogen-bond acceptors (Lipinski definition) is 2. The van der Waals surface area contributed by atoms with Crippen molar-refractivity contribution >= 4 is 0 Å². The molecule has 2 nitrogen and oxygen atoms in total. The maximum Gasteiger partial charge on any atom is 0.0372 e. The van der Waals surface area contributed by atoms with Crippen LogP contribution in [-0.4, -0.2) is 11.0 Å². The van der Waals surface area contributed by atoms with Crippen molar-refractivity contribution in [3.63, 3.8) is 0 Å². The zero-order chi connectivity index (χ0) is 13.5. The van der Waals surface area contributed by atoms with E-state index in [1.165, 1.54) is 50.5 Å². The molecule has 0 amide bonds. The Morgan fingerprint density at radius 2 is 2.11 bits per heavy atom. The predicted octanol–water partition coefficient (Wildman–Crippen LogP) is 4.23. The van der Waals surface area contributed by atoms with Crippen molar-refractivity contribution in [2.75, 3.05) is 0 Å². The molecule has 2 atom stereocenters. The van der Waals surface area contributed by atoms with Crippen LogP contribution < -0.4 is 5.32 Å². The quantitative estimate of drug-likeness (QED) is 0.801. The molecule has 1 heterocycles. The van der Waals surface area contributed by atoms with Crippen LogP contribution in [0.25, 0.3) is 0 Å². The van der Waals surface area contributed by atoms with Gasteiger partial charge in [-0.05, 0) is 43.7 Å². The lowest BCUT2D eigenvalue weighted by Crippen LogP contribution is -2.28. The Kier molecular flexibility index (Phi) is 5.84. The van der Waals surface area contributed by atoms with E-state index in [-0.39, 0.29) is 0 Å². The van der Waals surface area contributed by atoms with Crippen molar-refractivity contribution in [3.8, 4) is 0 Å². The molecular weight excluding hydrogens is 232 g/mol. The third-order valence-electron chi connectivity index (χ3n) is 4.35. The van der Waals surface area contributed by atoms with Gasteiger partial charge in [0.2, 0.25) is 0 Å². The lowest BCUT2D eigenvalue weighted by atomic mass is 9.95. The molecule has 1 aliphatic rings. The standard InChI is InChI=1S/C17H28N2/c1-3-5-15-6-4-7-17(11-10-15)19-13-16-9-8-14(2)18-12-16/h8-9,12,15,17,19H,3-7,10-11,13H2,1-2H3. The molecule has 1 fully saturated rings. The molecule has 2 rings (SSSR count). The van der Waals surface area contributed by atoms with Crippen molar-refractivity contribution in [1.82, 2.24) is 10.3 Å². The molecule has 1 N–H and O–H groups in total. The highest BCUT2D eigenvalue weighted by molar-refractivity contribution is 5.12. The zero-order valence-electron chi connectivity index (χ0n) is 12.5. The number of rotatable bonds is 5. The minimum atomic E-state index is 0.711. The van der Waals surface area contributed by atoms with Crippen LogP contribution in [0.3, 0.4) is 0 Å². The molecule has 0 aliphatic heterocycles. The Bertz CT molecular complexity index is 358. The summed E-state index contributed by atoms with van der Waals surface area (Å²) in [5.74, 6) is 0.984. The summed E-state index contributed by atoms with van der Waals surface area (Å²) in [6.45, 7) is 5.32. The minimum absolute atomic E-state index is 0.711. The molecule has 1 aromatic rings. The summed E-state index contributed by atoms with van der Waals surface area (Å²) in [7, 11) is 0. The van der Waals surface area contributed by atoms with Gasteiger partial charge in [-0.1, -0.05) is 38.7 Å². The molecule has 0 radical (unpaired) electrons. The molecule has 106 valence electrons. The second kappa shape index (κ2) is 7.64. The first kappa shape index (κ1) is 14.5. The van der Waals surface area contributed by atoms with Crippen LogP contribution in [0.2, 0.25) is 0 Å². The van der Waals surface area contributed by atoms with Crippen LogP contribution in [-0.2, 0) is 6.54 Å². The van der Waals surface area contributed by atoms with Crippen molar-refractivity contribution in [2.24, 2.45) is 5.92 Å². The van der Waals surface area contributed by atoms with Crippen molar-refractivity contribution < 1.29 is 0 Å². The molecule has 0 bridgehead atoms. The van der Waals surface area contributed by atoms with E-state index in [2.05, 4.69) is 29.4 Å². The van der Waals surface area contributed by atoms with Gasteiger partial charge in [0.15, 0.2) is 0 Å². The molecule has 1 aliphatic carbocycles. The van der Waals surface area contributed by atoms with Gasteiger partial charge in [-0.15, -0.1) is 0 Å². The minimum Gasteiger partial charge on any atom is -0.310 e. The summed E-state index contributed by atoms with van der Waals surface area (Å²) < 4.78 is 0. The van der Waals surface area contributed by atoms with Gasteiger partial charge in [-0.3, -0.25) is 4.98 Å². The Labute approximate surface area is 118 Å². The van der Waals surface area contributed by atoms with Gasteiger partial charge in [-0.25, -0.2) is 0 Å². The first-order chi connectivity index (χ1) is 9.28. The van der Waals surface area contributed by atoms with Gasteiger partial charge in [0.05, 0.1) is 0 Å². The molecule has 0 spiro atoms. The normalized spacial score (nSPS) is 24.1. The number of aromatic nitrogens is 1. The lowest BCUT2D eigenvalue weighted by Gasteiger charge is -2.16. The maximum absolute atomic E-state index is 4.36. The van der Waals surface area contributed by atoms with Gasteiger partial charge >= 0.3 is 0 Å². The van der Waals surface area contributed by atoms with Gasteiger partial charge in [0, 0.05) is 24.5 Å². The lowest BCUT2D eigenvalue weighted by molar-refractivity contribution is 0.409. The summed E-state index contributed by atoms with van der Waals surface area (Å²) in [6.07, 6.45) is 11.7. The van der Waals surface area contributed by atoms with E-state index in [0.29, 0.717) is 6.04 Å². The number of nitrogens with zero attached hydrogens (tertiary/aromatic N) is 1. The van der Waals surface area contributed by atoms with E-state index < -0.39 is 0 Å². The van der Waals surface area contributed by atoms with E-state index in [9.17, 15) is 0 Å². The smallest absolute Gasteiger partial charge is 0.0372 e. The van der Waals surface area contributed by atoms with E-state index >= 15 is 0 Å². The van der Waals surface area contributed by atoms with Crippen molar-refractivity contribution in [2.45, 2.75) is 71.4 Å². The Morgan fingerprint density at radius 1 is 1.21 bits per heavy atom. The van der Waals surface area contributed by atoms with E-state index in [1.54, 1.807) is 0 Å². The number of hydrogen-bond donors (Lipinski definition) is 1. The monoisotopic (exact) mass is 260 g/mol. The van der Waals surface area contributed by atoms with Gasteiger partial charge < -0.3 is 5.32 Å². The van der Waals surface area contributed by atoms with Crippen LogP contribution in [0, 0.1) is 12.8 Å². The van der Waals surface area contributed by atoms with Crippen LogP contribution in [0.15, 0.2) is 18.3 Å². The molecular formula is C17H28N2. The van der Waals surface area contributed by atoms with Crippen LogP contribution in [0.5, 0.6) is 0 Å². The van der Waals surface area contributed by atoms with Gasteiger partial charge in [0.25, 0.3) is 0 Å². The van der Waals surface area contributed by atoms with Crippen molar-refractivity contribution in [1.29, 1.82) is 0 Å². The highest BCUT2D eigenvalue weighted by atomic mass is 14.9. The fraction of sp³-hybridized carbons (Fsp3) is 0.706. The van der Waals surface area contributed by atoms with Crippen LogP contribution in [0.4, 0.5) is 0 Å². The summed E-state index contributed by atoms with van der Waals surface area (Å²) in [5, 5.41) is 3.72. The fourth-order valence-corrected chi connectivity index (χ4v) is 3.14. The average molecular weight is 260 g/mol. The Balaban J connectivity index is 1.75. The highest BCUT2D eigenvalue weighted by Gasteiger charge is 2.17. The largest absolute Gasteiger partial charge is 0.310 e. The molecule has 19 heavy (non-hydrogen) atoms. The van der Waals surface area contributed by atoms with Crippen molar-refractivity contribution in [3.05, 3.63) is 29.6 Å². The molecule has 0 saturated heterocycles. The number of pyridine rings is 1. The van der Waals surface area contributed by atoms with E-state index in [0.717, 1.165) is 18.2 Å². The summed E-state index contributed by atoms with van der Waals surface area (Å²) in [6, 6.07) is 5.00. The average Bonchev–Trinajstić information content (AvgIpc) is 2.64. The predicted molar refractivity (Wildman–Crippen MR) is 81.1 cm³/mol. The second-order valence-corrected chi connectivity index (χ2v) is 6.05. The number of aryl methyl sites for hydroxylation is 1. The van der Waals surface area contributed by atoms with Gasteiger partial charge in [-0.2, -0.15) is 0 Å². The topological polar surface area (TPSA) is 24.9 Å². The van der Waals surface area contributed by atoms with Crippen LogP contribution in [0.1, 0.15) is 63.1 Å². The van der Waals surface area contributed by atoms with E-state index in [1.807, 2.05) is 13.1 Å². The molecule has 0 aromatic carbocycles. The maximum atomic E-state index is 4.36. The number of nitrogens with one attached hydrogen (secondary N) is 1. The molecule has 1 aromatic heterocycles. The Hall–Kier alpha value is -0.890. The first-order valence-electron chi connectivity index (χ1n) is 7.93. The molecule has 2 heteroatoms. The van der Waals surface area contributed by atoms with Gasteiger partial charge in [0.1, 0.15) is 0 Å². The highest BCUT2D eigenvalue weighted by Crippen LogP contribution is 2.26. The fourth-order valence-electron chi connectivity index (χ4n) is 3.14. The Morgan fingerprint density at radius 3 is 2.84 bits per heavy atom. The summed E-state index contributed by atoms with van der Waals surface area (Å²) in [5.41, 5.74) is 2.40. The SMILES string of the molecule is CCCC1CCCC(NCc2ccc(C)nc2)CC1. The molecule has 1 saturated carbocycles. The summed E-state index contributed by atoms with van der Waals surface area (Å²) >= 11 is 0. The molecule has 2 unspecified atom stereocenters. The first-order valence-corrected chi connectivity index (χ1v) is 7.93. The summed E-state index contributed by atoms with van der Waals surface area (Å²) in [4.78, 5) is 4.36. The third-order valence-corrected chi connectivity index (χ3v) is 4.35.